The van der Waals surface area contributed by atoms with Crippen LogP contribution < -0.4 is 5.32 Å². The minimum Gasteiger partial charge on any atom is -0.481 e. The molecule has 1 aliphatic rings. The zero-order chi connectivity index (χ0) is 15.4. The molecule has 112 valence electrons. The van der Waals surface area contributed by atoms with Crippen molar-refractivity contribution in [1.82, 2.24) is 5.32 Å². The van der Waals surface area contributed by atoms with E-state index in [0.717, 1.165) is 5.56 Å². The topological polar surface area (TPSA) is 113 Å². The fourth-order valence-corrected chi connectivity index (χ4v) is 2.23. The third-order valence-corrected chi connectivity index (χ3v) is 3.22. The standard InChI is InChI=1S/C14H15NO6/c16-11(17)7-10(14(19)20)15-13(18)12-9-4-2-1-3-8(9)5-6-21-12/h1-4,10,12H,5-7H2,(H,15,18)(H,16,17)(H,19,20). The van der Waals surface area contributed by atoms with Crippen LogP contribution in [0.15, 0.2) is 24.3 Å². The maximum absolute atomic E-state index is 12.2. The number of fused-ring (bicyclic) bond motifs is 1. The largest absolute Gasteiger partial charge is 0.481 e. The number of hydrogen-bond acceptors (Lipinski definition) is 4. The number of carboxylic acid groups (broad SMARTS) is 2. The SMILES string of the molecule is O=C(O)CC(NC(=O)C1OCCc2ccccc21)C(=O)O. The molecule has 0 saturated heterocycles. The third kappa shape index (κ3) is 3.57. The molecule has 0 radical (unpaired) electrons. The second-order valence-electron chi connectivity index (χ2n) is 4.70. The molecule has 0 spiro atoms. The van der Waals surface area contributed by atoms with Crippen molar-refractivity contribution in [2.24, 2.45) is 0 Å². The third-order valence-electron chi connectivity index (χ3n) is 3.22. The van der Waals surface area contributed by atoms with Crippen molar-refractivity contribution in [3.8, 4) is 0 Å². The van der Waals surface area contributed by atoms with Gasteiger partial charge in [0, 0.05) is 0 Å². The van der Waals surface area contributed by atoms with Crippen LogP contribution in [0.3, 0.4) is 0 Å². The van der Waals surface area contributed by atoms with Crippen molar-refractivity contribution in [2.75, 3.05) is 6.61 Å². The van der Waals surface area contributed by atoms with E-state index in [0.29, 0.717) is 18.6 Å². The normalized spacial score (nSPS) is 18.4. The lowest BCUT2D eigenvalue weighted by atomic mass is 9.97. The first-order chi connectivity index (χ1) is 9.99. The molecule has 1 amide bonds. The summed E-state index contributed by atoms with van der Waals surface area (Å²) in [5, 5.41) is 19.8. The number of carboxylic acids is 2. The number of amides is 1. The minimum atomic E-state index is -1.48. The number of rotatable bonds is 5. The fourth-order valence-electron chi connectivity index (χ4n) is 2.23. The predicted molar refractivity (Wildman–Crippen MR) is 70.7 cm³/mol. The average Bonchev–Trinajstić information content (AvgIpc) is 2.45. The zero-order valence-corrected chi connectivity index (χ0v) is 11.1. The Morgan fingerprint density at radius 1 is 1.29 bits per heavy atom. The molecule has 2 rings (SSSR count). The average molecular weight is 293 g/mol. The van der Waals surface area contributed by atoms with E-state index in [1.54, 1.807) is 12.1 Å². The number of hydrogen-bond donors (Lipinski definition) is 3. The van der Waals surface area contributed by atoms with E-state index in [9.17, 15) is 14.4 Å². The number of nitrogens with one attached hydrogen (secondary N) is 1. The summed E-state index contributed by atoms with van der Waals surface area (Å²) in [6.45, 7) is 0.353. The summed E-state index contributed by atoms with van der Waals surface area (Å²) in [5.41, 5.74) is 1.65. The van der Waals surface area contributed by atoms with E-state index < -0.39 is 36.4 Å². The van der Waals surface area contributed by atoms with Gasteiger partial charge in [-0.1, -0.05) is 24.3 Å². The van der Waals surface area contributed by atoms with Crippen LogP contribution in [0.2, 0.25) is 0 Å². The van der Waals surface area contributed by atoms with E-state index in [1.807, 2.05) is 12.1 Å². The molecule has 2 unspecified atom stereocenters. The second-order valence-corrected chi connectivity index (χ2v) is 4.70. The van der Waals surface area contributed by atoms with Gasteiger partial charge in [-0.25, -0.2) is 4.79 Å². The lowest BCUT2D eigenvalue weighted by molar-refractivity contribution is -0.149. The number of benzene rings is 1. The molecule has 1 aromatic carbocycles. The van der Waals surface area contributed by atoms with Crippen LogP contribution in [0, 0.1) is 0 Å². The van der Waals surface area contributed by atoms with Gasteiger partial charge in [-0.2, -0.15) is 0 Å². The highest BCUT2D eigenvalue weighted by molar-refractivity contribution is 5.89. The summed E-state index contributed by atoms with van der Waals surface area (Å²) < 4.78 is 5.40. The Balaban J connectivity index is 2.13. The van der Waals surface area contributed by atoms with Gasteiger partial charge in [-0.15, -0.1) is 0 Å². The van der Waals surface area contributed by atoms with E-state index in [1.165, 1.54) is 0 Å². The van der Waals surface area contributed by atoms with Gasteiger partial charge in [0.25, 0.3) is 5.91 Å². The second kappa shape index (κ2) is 6.36. The van der Waals surface area contributed by atoms with Crippen LogP contribution in [0.5, 0.6) is 0 Å². The van der Waals surface area contributed by atoms with Crippen LogP contribution in [0.1, 0.15) is 23.7 Å². The lowest BCUT2D eigenvalue weighted by Crippen LogP contribution is -2.45. The maximum Gasteiger partial charge on any atom is 0.326 e. The summed E-state index contributed by atoms with van der Waals surface area (Å²) in [4.78, 5) is 33.8. The molecule has 0 aliphatic carbocycles. The van der Waals surface area contributed by atoms with E-state index in [-0.39, 0.29) is 0 Å². The highest BCUT2D eigenvalue weighted by atomic mass is 16.5. The van der Waals surface area contributed by atoms with Gasteiger partial charge in [0.2, 0.25) is 0 Å². The van der Waals surface area contributed by atoms with Gasteiger partial charge < -0.3 is 20.3 Å². The maximum atomic E-state index is 12.2. The van der Waals surface area contributed by atoms with Gasteiger partial charge in [-0.05, 0) is 17.5 Å². The summed E-state index contributed by atoms with van der Waals surface area (Å²) in [5.74, 6) is -3.33. The number of ether oxygens (including phenoxy) is 1. The zero-order valence-electron chi connectivity index (χ0n) is 11.1. The molecule has 0 saturated carbocycles. The summed E-state index contributed by atoms with van der Waals surface area (Å²) in [6, 6.07) is 5.76. The highest BCUT2D eigenvalue weighted by Gasteiger charge is 2.31. The van der Waals surface area contributed by atoms with Crippen molar-refractivity contribution in [3.63, 3.8) is 0 Å². The van der Waals surface area contributed by atoms with Crippen LogP contribution >= 0.6 is 0 Å². The molecular formula is C14H15NO6. The number of carbonyl (C=O) groups is 3. The van der Waals surface area contributed by atoms with Crippen molar-refractivity contribution in [2.45, 2.75) is 25.0 Å². The quantitative estimate of drug-likeness (QED) is 0.721. The first kappa shape index (κ1) is 15.0. The predicted octanol–water partition coefficient (Wildman–Crippen LogP) is 0.344. The lowest BCUT2D eigenvalue weighted by Gasteiger charge is -2.26. The Kier molecular flexibility index (Phi) is 4.54. The monoisotopic (exact) mass is 293 g/mol. The minimum absolute atomic E-state index is 0.353. The fraction of sp³-hybridized carbons (Fsp3) is 0.357. The summed E-state index contributed by atoms with van der Waals surface area (Å²) in [7, 11) is 0. The van der Waals surface area contributed by atoms with Gasteiger partial charge in [0.15, 0.2) is 6.10 Å². The smallest absolute Gasteiger partial charge is 0.326 e. The highest BCUT2D eigenvalue weighted by Crippen LogP contribution is 2.27. The molecule has 1 aromatic rings. The van der Waals surface area contributed by atoms with E-state index >= 15 is 0 Å². The molecule has 7 nitrogen and oxygen atoms in total. The first-order valence-electron chi connectivity index (χ1n) is 6.43. The Hall–Kier alpha value is -2.41. The van der Waals surface area contributed by atoms with Crippen LogP contribution in [-0.4, -0.2) is 40.7 Å². The molecule has 1 aliphatic heterocycles. The molecule has 3 N–H and O–H groups in total. The molecule has 0 bridgehead atoms. The van der Waals surface area contributed by atoms with E-state index in [2.05, 4.69) is 5.32 Å². The molecule has 7 heteroatoms. The van der Waals surface area contributed by atoms with Crippen LogP contribution in [0.4, 0.5) is 0 Å². The van der Waals surface area contributed by atoms with Gasteiger partial charge in [-0.3, -0.25) is 9.59 Å². The molecule has 0 aromatic heterocycles. The first-order valence-corrected chi connectivity index (χ1v) is 6.43. The van der Waals surface area contributed by atoms with Crippen LogP contribution in [-0.2, 0) is 25.5 Å². The Morgan fingerprint density at radius 3 is 2.67 bits per heavy atom. The van der Waals surface area contributed by atoms with Crippen molar-refractivity contribution in [1.29, 1.82) is 0 Å². The van der Waals surface area contributed by atoms with Gasteiger partial charge >= 0.3 is 11.9 Å². The Bertz CT molecular complexity index is 570. The number of carbonyl (C=O) groups excluding carboxylic acids is 1. The Morgan fingerprint density at radius 2 is 2.00 bits per heavy atom. The van der Waals surface area contributed by atoms with Crippen molar-refractivity contribution >= 4 is 17.8 Å². The summed E-state index contributed by atoms with van der Waals surface area (Å²) in [6.07, 6.45) is -0.919. The molecular weight excluding hydrogens is 278 g/mol. The van der Waals surface area contributed by atoms with Crippen molar-refractivity contribution < 1.29 is 29.3 Å². The molecule has 1 heterocycles. The Labute approximate surface area is 120 Å². The number of aliphatic carboxylic acids is 2. The van der Waals surface area contributed by atoms with E-state index in [4.69, 9.17) is 14.9 Å². The van der Waals surface area contributed by atoms with Gasteiger partial charge in [0.05, 0.1) is 13.0 Å². The molecule has 21 heavy (non-hydrogen) atoms. The molecule has 2 atom stereocenters. The van der Waals surface area contributed by atoms with Gasteiger partial charge in [0.1, 0.15) is 6.04 Å². The summed E-state index contributed by atoms with van der Waals surface area (Å²) >= 11 is 0. The molecule has 0 fully saturated rings. The van der Waals surface area contributed by atoms with Crippen molar-refractivity contribution in [3.05, 3.63) is 35.4 Å². The van der Waals surface area contributed by atoms with Crippen LogP contribution in [0.25, 0.3) is 0 Å².